The minimum absolute atomic E-state index is 0.115. The van der Waals surface area contributed by atoms with Gasteiger partial charge >= 0.3 is 0 Å². The minimum Gasteiger partial charge on any atom is -0.214 e. The summed E-state index contributed by atoms with van der Waals surface area (Å²) in [7, 11) is -3.02. The van der Waals surface area contributed by atoms with E-state index in [1.165, 1.54) is 0 Å². The van der Waals surface area contributed by atoms with Crippen molar-refractivity contribution in [3.63, 3.8) is 0 Å². The van der Waals surface area contributed by atoms with Crippen LogP contribution in [0.1, 0.15) is 6.92 Å². The van der Waals surface area contributed by atoms with Gasteiger partial charge in [0.1, 0.15) is 0 Å². The van der Waals surface area contributed by atoms with Crippen molar-refractivity contribution in [3.05, 3.63) is 0 Å². The molecule has 3 nitrogen and oxygen atoms in total. The topological polar surface area (TPSA) is 46.2 Å². The van der Waals surface area contributed by atoms with Crippen molar-refractivity contribution < 1.29 is 8.42 Å². The van der Waals surface area contributed by atoms with Crippen LogP contribution >= 0.6 is 11.6 Å². The van der Waals surface area contributed by atoms with Gasteiger partial charge in [-0.25, -0.2) is 13.1 Å². The summed E-state index contributed by atoms with van der Waals surface area (Å²) < 4.78 is 23.5. The van der Waals surface area contributed by atoms with Gasteiger partial charge in [0.15, 0.2) is 0 Å². The summed E-state index contributed by atoms with van der Waals surface area (Å²) in [5.74, 6) is 0.434. The van der Waals surface area contributed by atoms with Gasteiger partial charge in [0, 0.05) is 12.4 Å². The Kier molecular flexibility index (Phi) is 4.18. The van der Waals surface area contributed by atoms with Crippen LogP contribution in [-0.2, 0) is 10.0 Å². The van der Waals surface area contributed by atoms with Crippen LogP contribution in [0.3, 0.4) is 0 Å². The van der Waals surface area contributed by atoms with E-state index in [-0.39, 0.29) is 5.75 Å². The van der Waals surface area contributed by atoms with Gasteiger partial charge in [0.2, 0.25) is 10.0 Å². The molecule has 5 heteroatoms. The zero-order valence-electron chi connectivity index (χ0n) is 5.22. The number of rotatable bonds is 4. The Morgan fingerprint density at radius 3 is 2.44 bits per heavy atom. The fraction of sp³-hybridized carbons (Fsp3) is 1.00. The van der Waals surface area contributed by atoms with Crippen LogP contribution in [0.15, 0.2) is 0 Å². The Labute approximate surface area is 60.4 Å². The van der Waals surface area contributed by atoms with Crippen LogP contribution < -0.4 is 4.72 Å². The van der Waals surface area contributed by atoms with E-state index in [0.29, 0.717) is 12.4 Å². The first-order valence-corrected chi connectivity index (χ1v) is 4.84. The summed E-state index contributed by atoms with van der Waals surface area (Å²) in [6.45, 7) is 1.90. The molecule has 1 N–H and O–H groups in total. The Bertz CT molecular complexity index is 154. The van der Waals surface area contributed by atoms with E-state index in [1.807, 2.05) is 0 Å². The van der Waals surface area contributed by atoms with Crippen molar-refractivity contribution >= 4 is 21.6 Å². The molecule has 0 aliphatic heterocycles. The minimum atomic E-state index is -3.02. The Morgan fingerprint density at radius 1 is 1.56 bits per heavy atom. The van der Waals surface area contributed by atoms with Gasteiger partial charge in [-0.2, -0.15) is 0 Å². The van der Waals surface area contributed by atoms with Crippen LogP contribution in [-0.4, -0.2) is 26.6 Å². The molecule has 0 aromatic rings. The summed E-state index contributed by atoms with van der Waals surface area (Å²) >= 11 is 5.24. The van der Waals surface area contributed by atoms with Gasteiger partial charge in [-0.3, -0.25) is 0 Å². The molecule has 0 amide bonds. The molecule has 0 saturated heterocycles. The third-order valence-corrected chi connectivity index (χ3v) is 2.39. The van der Waals surface area contributed by atoms with E-state index in [1.54, 1.807) is 6.92 Å². The van der Waals surface area contributed by atoms with Crippen LogP contribution in [0.2, 0.25) is 0 Å². The van der Waals surface area contributed by atoms with Gasteiger partial charge in [-0.15, -0.1) is 11.6 Å². The van der Waals surface area contributed by atoms with Gasteiger partial charge in [-0.05, 0) is 6.92 Å². The number of sulfonamides is 1. The van der Waals surface area contributed by atoms with Crippen LogP contribution in [0, 0.1) is 0 Å². The van der Waals surface area contributed by atoms with Gasteiger partial charge in [0.05, 0.1) is 5.75 Å². The van der Waals surface area contributed by atoms with E-state index < -0.39 is 10.0 Å². The molecule has 0 spiro atoms. The zero-order chi connectivity index (χ0) is 7.33. The van der Waals surface area contributed by atoms with E-state index in [4.69, 9.17) is 11.6 Å². The fourth-order valence-electron chi connectivity index (χ4n) is 0.296. The van der Waals surface area contributed by atoms with Gasteiger partial charge in [-0.1, -0.05) is 0 Å². The summed E-state index contributed by atoms with van der Waals surface area (Å²) in [4.78, 5) is 0. The summed E-state index contributed by atoms with van der Waals surface area (Å²) in [5, 5.41) is 0. The lowest BCUT2D eigenvalue weighted by Gasteiger charge is -1.98. The quantitative estimate of drug-likeness (QED) is 0.613. The number of alkyl halides is 1. The molecule has 0 rings (SSSR count). The van der Waals surface area contributed by atoms with Crippen molar-refractivity contribution in [1.29, 1.82) is 0 Å². The predicted octanol–water partition coefficient (Wildman–Crippen LogP) is 0.164. The second-order valence-electron chi connectivity index (χ2n) is 1.49. The monoisotopic (exact) mass is 171 g/mol. The molecule has 0 radical (unpaired) electrons. The average molecular weight is 172 g/mol. The lowest BCUT2D eigenvalue weighted by molar-refractivity contribution is 0.585. The third-order valence-electron chi connectivity index (χ3n) is 0.797. The highest BCUT2D eigenvalue weighted by Gasteiger charge is 2.02. The molecule has 0 aromatic heterocycles. The van der Waals surface area contributed by atoms with Crippen LogP contribution in [0.4, 0.5) is 0 Å². The van der Waals surface area contributed by atoms with E-state index in [9.17, 15) is 8.42 Å². The highest BCUT2D eigenvalue weighted by Crippen LogP contribution is 1.81. The molecule has 0 saturated carbocycles. The molecule has 0 aromatic carbocycles. The Hall–Kier alpha value is 0.200. The SMILES string of the molecule is CCS(=O)(=O)NCCCl. The molecule has 0 heterocycles. The summed E-state index contributed by atoms with van der Waals surface area (Å²) in [5.41, 5.74) is 0. The Balaban J connectivity index is 3.61. The van der Waals surface area contributed by atoms with E-state index in [2.05, 4.69) is 4.72 Å². The highest BCUT2D eigenvalue weighted by atomic mass is 35.5. The van der Waals surface area contributed by atoms with Gasteiger partial charge in [0.25, 0.3) is 0 Å². The van der Waals surface area contributed by atoms with Crippen molar-refractivity contribution in [2.45, 2.75) is 6.92 Å². The predicted molar refractivity (Wildman–Crippen MR) is 38.2 cm³/mol. The maximum Gasteiger partial charge on any atom is 0.211 e. The lowest BCUT2D eigenvalue weighted by Crippen LogP contribution is -2.26. The molecule has 9 heavy (non-hydrogen) atoms. The second-order valence-corrected chi connectivity index (χ2v) is 3.96. The van der Waals surface area contributed by atoms with Crippen molar-refractivity contribution in [2.75, 3.05) is 18.2 Å². The van der Waals surface area contributed by atoms with Crippen LogP contribution in [0.25, 0.3) is 0 Å². The molecular weight excluding hydrogens is 162 g/mol. The zero-order valence-corrected chi connectivity index (χ0v) is 6.80. The molecule has 0 unspecified atom stereocenters. The van der Waals surface area contributed by atoms with Crippen molar-refractivity contribution in [3.8, 4) is 0 Å². The Morgan fingerprint density at radius 2 is 2.11 bits per heavy atom. The standard InChI is InChI=1S/C4H10ClNO2S/c1-2-9(7,8)6-4-3-5/h6H,2-4H2,1H3. The maximum atomic E-state index is 10.6. The summed E-state index contributed by atoms with van der Waals surface area (Å²) in [6, 6.07) is 0. The molecular formula is C4H10ClNO2S. The summed E-state index contributed by atoms with van der Waals surface area (Å²) in [6.07, 6.45) is 0. The lowest BCUT2D eigenvalue weighted by atomic mass is 10.8. The first kappa shape index (κ1) is 9.20. The van der Waals surface area contributed by atoms with E-state index >= 15 is 0 Å². The number of hydrogen-bond donors (Lipinski definition) is 1. The fourth-order valence-corrected chi connectivity index (χ4v) is 1.12. The molecule has 0 aliphatic rings. The smallest absolute Gasteiger partial charge is 0.211 e. The molecule has 0 bridgehead atoms. The van der Waals surface area contributed by atoms with Crippen molar-refractivity contribution in [1.82, 2.24) is 4.72 Å². The molecule has 56 valence electrons. The van der Waals surface area contributed by atoms with Crippen LogP contribution in [0.5, 0.6) is 0 Å². The normalized spacial score (nSPS) is 11.8. The van der Waals surface area contributed by atoms with Crippen molar-refractivity contribution in [2.24, 2.45) is 0 Å². The molecule has 0 atom stereocenters. The van der Waals surface area contributed by atoms with Gasteiger partial charge < -0.3 is 0 Å². The first-order valence-electron chi connectivity index (χ1n) is 2.65. The molecule has 0 aliphatic carbocycles. The maximum absolute atomic E-state index is 10.6. The largest absolute Gasteiger partial charge is 0.214 e. The number of halogens is 1. The molecule has 0 fully saturated rings. The average Bonchev–Trinajstić information content (AvgIpc) is 1.84. The second kappa shape index (κ2) is 4.09. The third kappa shape index (κ3) is 4.69. The number of nitrogens with one attached hydrogen (secondary N) is 1. The number of hydrogen-bond acceptors (Lipinski definition) is 2. The first-order chi connectivity index (χ1) is 4.12. The van der Waals surface area contributed by atoms with E-state index in [0.717, 1.165) is 0 Å². The highest BCUT2D eigenvalue weighted by molar-refractivity contribution is 7.89.